The fraction of sp³-hybridized carbons (Fsp3) is 0.360. The molecule has 4 aliphatic heterocycles. The largest absolute Gasteiger partial charge is 0.491 e. The number of carbonyl (C=O) groups excluding carboxylic acids is 2. The van der Waals surface area contributed by atoms with Gasteiger partial charge in [0.05, 0.1) is 23.3 Å². The molecule has 69 heavy (non-hydrogen) atoms. The van der Waals surface area contributed by atoms with Gasteiger partial charge in [0, 0.05) is 84.9 Å². The lowest BCUT2D eigenvalue weighted by Gasteiger charge is -2.35. The minimum atomic E-state index is -0.949. The highest BCUT2D eigenvalue weighted by atomic mass is 35.5. The quantitative estimate of drug-likeness (QED) is 0.0738. The molecule has 9 rings (SSSR count). The highest BCUT2D eigenvalue weighted by Gasteiger charge is 2.42. The minimum Gasteiger partial charge on any atom is -0.491 e. The Labute approximate surface area is 421 Å². The molecule has 4 aliphatic rings. The van der Waals surface area contributed by atoms with Crippen molar-refractivity contribution in [3.63, 3.8) is 0 Å². The maximum atomic E-state index is 12.4. The zero-order chi connectivity index (χ0) is 48.5. The smallest absolute Gasteiger partial charge is 0.415 e. The van der Waals surface area contributed by atoms with Crippen molar-refractivity contribution < 1.29 is 42.7 Å². The van der Waals surface area contributed by atoms with Crippen LogP contribution in [-0.2, 0) is 30.5 Å². The zero-order valence-electron chi connectivity index (χ0n) is 38.2. The van der Waals surface area contributed by atoms with Crippen molar-refractivity contribution in [2.75, 3.05) is 88.6 Å². The fourth-order valence-electron chi connectivity index (χ4n) is 8.38. The first kappa shape index (κ1) is 50.2. The van der Waals surface area contributed by atoms with Crippen LogP contribution in [-0.4, -0.2) is 113 Å². The first-order valence-electron chi connectivity index (χ1n) is 22.5. The molecule has 0 bridgehead atoms. The molecule has 366 valence electrons. The minimum absolute atomic E-state index is 0.229. The van der Waals surface area contributed by atoms with Crippen molar-refractivity contribution in [2.45, 2.75) is 37.6 Å². The summed E-state index contributed by atoms with van der Waals surface area (Å²) in [6, 6.07) is 35.2. The molecule has 0 saturated carbocycles. The number of hydrazine groups is 1. The molecule has 3 N–H and O–H groups in total. The van der Waals surface area contributed by atoms with E-state index in [9.17, 15) is 9.59 Å². The van der Waals surface area contributed by atoms with Crippen molar-refractivity contribution in [1.82, 2.24) is 15.2 Å². The van der Waals surface area contributed by atoms with Gasteiger partial charge < -0.3 is 52.8 Å². The van der Waals surface area contributed by atoms with Gasteiger partial charge in [0.1, 0.15) is 42.7 Å². The van der Waals surface area contributed by atoms with Gasteiger partial charge in [0.15, 0.2) is 11.6 Å². The molecule has 0 aliphatic carbocycles. The average molecular weight is 1020 g/mol. The summed E-state index contributed by atoms with van der Waals surface area (Å²) < 4.78 is 41.4. The second kappa shape index (κ2) is 22.7. The Morgan fingerprint density at radius 3 is 1.45 bits per heavy atom. The van der Waals surface area contributed by atoms with Crippen LogP contribution in [0.4, 0.5) is 21.0 Å². The topological polar surface area (TPSA) is 150 Å². The van der Waals surface area contributed by atoms with Crippen LogP contribution in [0, 0.1) is 0 Å². The molecule has 5 aromatic rings. The molecule has 0 spiro atoms. The molecular weight excluding hydrogens is 970 g/mol. The number of urea groups is 1. The Hall–Kier alpha value is -5.20. The molecule has 4 atom stereocenters. The Kier molecular flexibility index (Phi) is 16.5. The van der Waals surface area contributed by atoms with E-state index in [1.165, 1.54) is 0 Å². The Balaban J connectivity index is 0.000000188. The Morgan fingerprint density at radius 2 is 1.03 bits per heavy atom. The first-order valence-corrected chi connectivity index (χ1v) is 24.1. The number of piperazine rings is 2. The van der Waals surface area contributed by atoms with Crippen molar-refractivity contribution in [3.8, 4) is 17.2 Å². The van der Waals surface area contributed by atoms with Gasteiger partial charge in [-0.05, 0) is 98.8 Å². The summed E-state index contributed by atoms with van der Waals surface area (Å²) in [5.74, 6) is 5.35. The second-order valence-electron chi connectivity index (χ2n) is 16.9. The van der Waals surface area contributed by atoms with Gasteiger partial charge in [-0.15, -0.1) is 0 Å². The lowest BCUT2D eigenvalue weighted by atomic mass is 10.1. The molecule has 19 heteroatoms. The van der Waals surface area contributed by atoms with Crippen LogP contribution in [0.3, 0.4) is 0 Å². The van der Waals surface area contributed by atoms with Crippen LogP contribution in [0.15, 0.2) is 115 Å². The third kappa shape index (κ3) is 12.8. The average Bonchev–Trinajstić information content (AvgIpc) is 3.95. The monoisotopic (exact) mass is 1020 g/mol. The van der Waals surface area contributed by atoms with E-state index >= 15 is 0 Å². The summed E-state index contributed by atoms with van der Waals surface area (Å²) in [6.07, 6.45) is -0.782. The van der Waals surface area contributed by atoms with Crippen molar-refractivity contribution in [1.29, 1.82) is 0 Å². The second-order valence-corrected chi connectivity index (χ2v) is 18.6. The summed E-state index contributed by atoms with van der Waals surface area (Å²) in [5.41, 5.74) is 5.80. The van der Waals surface area contributed by atoms with Gasteiger partial charge in [-0.3, -0.25) is 5.43 Å². The number of hydrogen-bond donors (Lipinski definition) is 2. The lowest BCUT2D eigenvalue weighted by molar-refractivity contribution is -0.164. The van der Waals surface area contributed by atoms with Crippen molar-refractivity contribution in [3.05, 3.63) is 146 Å². The number of para-hydroxylation sites is 1. The van der Waals surface area contributed by atoms with Crippen LogP contribution in [0.2, 0.25) is 20.1 Å². The maximum Gasteiger partial charge on any atom is 0.415 e. The Morgan fingerprint density at radius 1 is 0.594 bits per heavy atom. The van der Waals surface area contributed by atoms with Crippen molar-refractivity contribution in [2.24, 2.45) is 5.84 Å². The summed E-state index contributed by atoms with van der Waals surface area (Å²) >= 11 is 24.7. The molecule has 0 aromatic heterocycles. The molecule has 4 saturated heterocycles. The molecule has 2 unspecified atom stereocenters. The number of nitrogens with zero attached hydrogens (tertiary/aromatic N) is 4. The van der Waals surface area contributed by atoms with E-state index in [1.54, 1.807) is 46.2 Å². The van der Waals surface area contributed by atoms with Crippen LogP contribution >= 0.6 is 46.4 Å². The standard InChI is InChI=1S/C28H28Cl2N2O5.C22H26Cl2N4O4/c1-28(25-12-7-20(29)17-26(25)30)35-19-24(37-28)18-34-22-10-8-21(9-11-22)31-13-15-32(16-14-31)27(33)36-23-5-3-2-4-6-23;1-22(19-7-2-15(23)12-20(19)24)31-14-18(32-22)13-30-17-5-3-16(4-6-17)27-8-10-28(11-9-27)21(29)26-25/h2-12,17,24H,13-16,18-19H2,1H3;2-7,12,18H,8-11,13-14,25H2,1H3,(H,26,29)/t24?,28-;18?,22-/m00/s1. The molecule has 15 nitrogen and oxygen atoms in total. The van der Waals surface area contributed by atoms with Crippen LogP contribution in [0.25, 0.3) is 0 Å². The predicted octanol–water partition coefficient (Wildman–Crippen LogP) is 9.35. The van der Waals surface area contributed by atoms with Crippen LogP contribution in [0.1, 0.15) is 25.0 Å². The number of ether oxygens (including phenoxy) is 7. The van der Waals surface area contributed by atoms with Gasteiger partial charge in [-0.25, -0.2) is 15.4 Å². The first-order chi connectivity index (χ1) is 33.3. The van der Waals surface area contributed by atoms with Gasteiger partial charge in [-0.2, -0.15) is 0 Å². The van der Waals surface area contributed by atoms with E-state index in [0.29, 0.717) is 78.4 Å². The van der Waals surface area contributed by atoms with Gasteiger partial charge in [0.2, 0.25) is 0 Å². The third-order valence-electron chi connectivity index (χ3n) is 12.2. The van der Waals surface area contributed by atoms with E-state index in [4.69, 9.17) is 85.4 Å². The molecule has 3 amide bonds. The maximum absolute atomic E-state index is 12.4. The number of anilines is 2. The highest BCUT2D eigenvalue weighted by Crippen LogP contribution is 2.40. The summed E-state index contributed by atoms with van der Waals surface area (Å²) in [6.45, 7) is 10.6. The van der Waals surface area contributed by atoms with E-state index in [0.717, 1.165) is 60.2 Å². The van der Waals surface area contributed by atoms with Crippen LogP contribution in [0.5, 0.6) is 17.2 Å². The number of amides is 3. The van der Waals surface area contributed by atoms with E-state index in [1.807, 2.05) is 92.7 Å². The summed E-state index contributed by atoms with van der Waals surface area (Å²) in [7, 11) is 0. The fourth-order valence-corrected chi connectivity index (χ4v) is 9.54. The van der Waals surface area contributed by atoms with Gasteiger partial charge in [0.25, 0.3) is 0 Å². The number of nitrogens with one attached hydrogen (secondary N) is 1. The normalized spacial score (nSPS) is 22.4. The number of halogens is 4. The molecule has 5 aromatic carbocycles. The lowest BCUT2D eigenvalue weighted by Crippen LogP contribution is -2.53. The molecule has 0 radical (unpaired) electrons. The van der Waals surface area contributed by atoms with Crippen molar-refractivity contribution >= 4 is 69.9 Å². The molecule has 4 heterocycles. The van der Waals surface area contributed by atoms with E-state index in [-0.39, 0.29) is 24.3 Å². The van der Waals surface area contributed by atoms with E-state index in [2.05, 4.69) is 15.2 Å². The van der Waals surface area contributed by atoms with Gasteiger partial charge in [-0.1, -0.05) is 76.7 Å². The summed E-state index contributed by atoms with van der Waals surface area (Å²) in [5, 5.41) is 2.13. The summed E-state index contributed by atoms with van der Waals surface area (Å²) in [4.78, 5) is 31.9. The third-order valence-corrected chi connectivity index (χ3v) is 13.3. The van der Waals surface area contributed by atoms with Gasteiger partial charge >= 0.3 is 12.1 Å². The number of benzene rings is 5. The zero-order valence-corrected chi connectivity index (χ0v) is 41.2. The van der Waals surface area contributed by atoms with Crippen LogP contribution < -0.4 is 35.3 Å². The number of nitrogens with two attached hydrogens (primary N) is 1. The highest BCUT2D eigenvalue weighted by molar-refractivity contribution is 6.35. The molecular formula is C50H54Cl4N6O9. The van der Waals surface area contributed by atoms with E-state index < -0.39 is 11.6 Å². The Bertz CT molecular complexity index is 2520. The number of hydrogen-bond acceptors (Lipinski definition) is 12. The number of carbonyl (C=O) groups is 2. The SMILES string of the molecule is C[C@]1(c2ccc(Cl)cc2Cl)OCC(COc2ccc(N3CCN(C(=O)NN)CC3)cc2)O1.C[C@]1(c2ccc(Cl)cc2Cl)OCC(COc2ccc(N3CCN(C(=O)Oc4ccccc4)CC3)cc2)O1. The molecule has 4 fully saturated rings. The number of rotatable bonds is 11. The predicted molar refractivity (Wildman–Crippen MR) is 266 cm³/mol.